The van der Waals surface area contributed by atoms with Crippen molar-refractivity contribution in [2.24, 2.45) is 5.10 Å². The topological polar surface area (TPSA) is 87.4 Å². The van der Waals surface area contributed by atoms with Gasteiger partial charge in [0.25, 0.3) is 5.24 Å². The highest BCUT2D eigenvalue weighted by molar-refractivity contribution is 6.78. The van der Waals surface area contributed by atoms with Crippen molar-refractivity contribution in [3.8, 4) is 5.88 Å². The first-order valence-electron chi connectivity index (χ1n) is 2.84. The third-order valence-electron chi connectivity index (χ3n) is 0.971. The van der Waals surface area contributed by atoms with Crippen molar-refractivity contribution in [1.29, 1.82) is 0 Å². The molecule has 1 heterocycles. The number of H-pyrrole nitrogens is 1. The Morgan fingerprint density at radius 1 is 1.83 bits per heavy atom. The second-order valence-electron chi connectivity index (χ2n) is 1.84. The van der Waals surface area contributed by atoms with E-state index in [-0.39, 0.29) is 5.88 Å². The summed E-state index contributed by atoms with van der Waals surface area (Å²) in [7, 11) is 0. The number of hydrogen-bond donors (Lipinski definition) is 2. The Morgan fingerprint density at radius 3 is 2.92 bits per heavy atom. The van der Waals surface area contributed by atoms with Crippen LogP contribution in [-0.4, -0.2) is 26.2 Å². The molecule has 0 atom stereocenters. The number of hydrogen-bond acceptors (Lipinski definition) is 4. The Morgan fingerprint density at radius 2 is 2.50 bits per heavy atom. The standard InChI is InChI=1S/C5H4ClN3O3/c6-3(10)1-7-9-2-4(11)8-5(9)12/h1-2,11H,(H,8,12). The van der Waals surface area contributed by atoms with Gasteiger partial charge >= 0.3 is 5.69 Å². The quantitative estimate of drug-likeness (QED) is 0.485. The SMILES string of the molecule is O=C(Cl)C=Nn1cc(O)[nH]c1=O. The molecule has 12 heavy (non-hydrogen) atoms. The fraction of sp³-hybridized carbons (Fsp3) is 0. The van der Waals surface area contributed by atoms with E-state index in [2.05, 4.69) is 5.10 Å². The van der Waals surface area contributed by atoms with Crippen molar-refractivity contribution < 1.29 is 9.90 Å². The van der Waals surface area contributed by atoms with Gasteiger partial charge in [-0.05, 0) is 11.6 Å². The summed E-state index contributed by atoms with van der Waals surface area (Å²) in [5.41, 5.74) is -0.651. The van der Waals surface area contributed by atoms with Gasteiger partial charge in [0.2, 0.25) is 5.88 Å². The van der Waals surface area contributed by atoms with Crippen LogP contribution < -0.4 is 5.69 Å². The normalized spacial score (nSPS) is 10.8. The summed E-state index contributed by atoms with van der Waals surface area (Å²) in [6.07, 6.45) is 1.76. The minimum Gasteiger partial charge on any atom is -0.493 e. The molecule has 1 aromatic heterocycles. The lowest BCUT2D eigenvalue weighted by atomic mass is 10.8. The summed E-state index contributed by atoms with van der Waals surface area (Å²) >= 11 is 4.91. The molecule has 0 aliphatic rings. The first kappa shape index (κ1) is 8.54. The smallest absolute Gasteiger partial charge is 0.349 e. The molecule has 0 aliphatic carbocycles. The number of rotatable bonds is 2. The molecule has 2 N–H and O–H groups in total. The van der Waals surface area contributed by atoms with Crippen LogP contribution in [0, 0.1) is 0 Å². The minimum atomic E-state index is -0.803. The zero-order valence-corrected chi connectivity index (χ0v) is 6.45. The maximum absolute atomic E-state index is 10.7. The molecule has 0 amide bonds. The predicted molar refractivity (Wildman–Crippen MR) is 41.5 cm³/mol. The summed E-state index contributed by atoms with van der Waals surface area (Å²) in [6.45, 7) is 0. The predicted octanol–water partition coefficient (Wildman–Crippen LogP) is -0.519. The van der Waals surface area contributed by atoms with Gasteiger partial charge in [-0.3, -0.25) is 9.78 Å². The Hall–Kier alpha value is -1.56. The highest BCUT2D eigenvalue weighted by Gasteiger charge is 1.97. The summed E-state index contributed by atoms with van der Waals surface area (Å²) in [5.74, 6) is -0.334. The fourth-order valence-corrected chi connectivity index (χ4v) is 0.611. The number of aromatic hydroxyl groups is 1. The van der Waals surface area contributed by atoms with Gasteiger partial charge in [-0.15, -0.1) is 0 Å². The van der Waals surface area contributed by atoms with Crippen LogP contribution in [0.3, 0.4) is 0 Å². The fourth-order valence-electron chi connectivity index (χ4n) is 0.567. The molecule has 0 fully saturated rings. The molecule has 1 rings (SSSR count). The second kappa shape index (κ2) is 3.22. The van der Waals surface area contributed by atoms with E-state index in [1.807, 2.05) is 4.98 Å². The first-order valence-corrected chi connectivity index (χ1v) is 3.22. The van der Waals surface area contributed by atoms with Gasteiger partial charge in [0.15, 0.2) is 0 Å². The molecule has 64 valence electrons. The number of nitrogens with zero attached hydrogens (tertiary/aromatic N) is 2. The van der Waals surface area contributed by atoms with E-state index in [0.717, 1.165) is 17.1 Å². The molecular weight excluding hydrogens is 186 g/mol. The van der Waals surface area contributed by atoms with Crippen molar-refractivity contribution in [1.82, 2.24) is 9.66 Å². The largest absolute Gasteiger partial charge is 0.493 e. The highest BCUT2D eigenvalue weighted by atomic mass is 35.5. The molecule has 0 saturated heterocycles. The van der Waals surface area contributed by atoms with Crippen molar-refractivity contribution in [2.45, 2.75) is 0 Å². The summed E-state index contributed by atoms with van der Waals surface area (Å²) < 4.78 is 0.746. The Kier molecular flexibility index (Phi) is 2.29. The Labute approximate surface area is 71.1 Å². The van der Waals surface area contributed by atoms with E-state index >= 15 is 0 Å². The first-order chi connectivity index (χ1) is 5.59. The van der Waals surface area contributed by atoms with Gasteiger partial charge in [0.1, 0.15) is 6.21 Å². The molecular formula is C5H4ClN3O3. The third kappa shape index (κ3) is 1.96. The number of imidazole rings is 1. The average Bonchev–Trinajstić information content (AvgIpc) is 2.26. The van der Waals surface area contributed by atoms with Gasteiger partial charge in [-0.25, -0.2) is 4.79 Å². The average molecular weight is 190 g/mol. The lowest BCUT2D eigenvalue weighted by Gasteiger charge is -1.83. The van der Waals surface area contributed by atoms with Gasteiger partial charge < -0.3 is 5.11 Å². The van der Waals surface area contributed by atoms with Crippen molar-refractivity contribution >= 4 is 23.1 Å². The maximum Gasteiger partial charge on any atom is 0.349 e. The number of nitrogens with one attached hydrogen (secondary N) is 1. The maximum atomic E-state index is 10.7. The van der Waals surface area contributed by atoms with E-state index in [4.69, 9.17) is 16.7 Å². The van der Waals surface area contributed by atoms with E-state index in [9.17, 15) is 9.59 Å². The van der Waals surface area contributed by atoms with Gasteiger partial charge in [0.05, 0.1) is 6.20 Å². The number of carbonyl (C=O) groups excluding carboxylic acids is 1. The number of halogens is 1. The van der Waals surface area contributed by atoms with Crippen LogP contribution in [0.4, 0.5) is 0 Å². The van der Waals surface area contributed by atoms with E-state index in [0.29, 0.717) is 0 Å². The van der Waals surface area contributed by atoms with E-state index in [1.165, 1.54) is 0 Å². The molecule has 0 saturated carbocycles. The van der Waals surface area contributed by atoms with Gasteiger partial charge in [-0.2, -0.15) is 9.78 Å². The zero-order chi connectivity index (χ0) is 9.14. The summed E-state index contributed by atoms with van der Waals surface area (Å²) in [4.78, 5) is 22.9. The molecule has 0 unspecified atom stereocenters. The summed E-state index contributed by atoms with van der Waals surface area (Å²) in [5, 5.41) is 11.3. The van der Waals surface area contributed by atoms with Crippen molar-refractivity contribution in [3.63, 3.8) is 0 Å². The van der Waals surface area contributed by atoms with Crippen LogP contribution in [-0.2, 0) is 4.79 Å². The molecule has 0 aromatic carbocycles. The number of aromatic amines is 1. The Balaban J connectivity index is 2.97. The third-order valence-corrected chi connectivity index (χ3v) is 1.07. The second-order valence-corrected chi connectivity index (χ2v) is 2.21. The molecule has 1 aromatic rings. The monoisotopic (exact) mass is 189 g/mol. The molecule has 6 nitrogen and oxygen atoms in total. The highest BCUT2D eigenvalue weighted by Crippen LogP contribution is 1.96. The Bertz CT molecular complexity index is 378. The van der Waals surface area contributed by atoms with Crippen molar-refractivity contribution in [2.75, 3.05) is 0 Å². The van der Waals surface area contributed by atoms with Crippen LogP contribution >= 0.6 is 11.6 Å². The molecule has 0 spiro atoms. The van der Waals surface area contributed by atoms with E-state index in [1.54, 1.807) is 0 Å². The lowest BCUT2D eigenvalue weighted by Crippen LogP contribution is -2.12. The molecule has 7 heteroatoms. The van der Waals surface area contributed by atoms with Crippen LogP contribution in [0.2, 0.25) is 0 Å². The van der Waals surface area contributed by atoms with Crippen LogP contribution in [0.5, 0.6) is 5.88 Å². The number of carbonyl (C=O) groups is 1. The number of aromatic nitrogens is 2. The van der Waals surface area contributed by atoms with E-state index < -0.39 is 10.9 Å². The van der Waals surface area contributed by atoms with Crippen LogP contribution in [0.25, 0.3) is 0 Å². The van der Waals surface area contributed by atoms with Gasteiger partial charge in [-0.1, -0.05) is 0 Å². The molecule has 0 aliphatic heterocycles. The van der Waals surface area contributed by atoms with Gasteiger partial charge in [0, 0.05) is 0 Å². The molecule has 0 radical (unpaired) electrons. The molecule has 0 bridgehead atoms. The van der Waals surface area contributed by atoms with Crippen molar-refractivity contribution in [3.05, 3.63) is 16.7 Å². The lowest BCUT2D eigenvalue weighted by molar-refractivity contribution is -0.105. The van der Waals surface area contributed by atoms with Crippen LogP contribution in [0.15, 0.2) is 16.1 Å². The van der Waals surface area contributed by atoms with Crippen LogP contribution in [0.1, 0.15) is 0 Å². The zero-order valence-electron chi connectivity index (χ0n) is 5.69. The summed E-state index contributed by atoms with van der Waals surface area (Å²) in [6, 6.07) is 0. The minimum absolute atomic E-state index is 0.334.